The number of hydrogen-bond donors (Lipinski definition) is 2. The smallest absolute Gasteiger partial charge is 0.326 e. The van der Waals surface area contributed by atoms with Crippen LogP contribution in [0.4, 0.5) is 11.4 Å². The van der Waals surface area contributed by atoms with Crippen LogP contribution in [0.15, 0.2) is 18.2 Å². The van der Waals surface area contributed by atoms with Gasteiger partial charge in [-0.2, -0.15) is 0 Å². The number of nitro benzene ring substituents is 1. The van der Waals surface area contributed by atoms with E-state index in [1.54, 1.807) is 13.0 Å². The molecule has 1 aromatic carbocycles. The van der Waals surface area contributed by atoms with Crippen molar-refractivity contribution in [1.29, 1.82) is 0 Å². The Morgan fingerprint density at radius 1 is 1.43 bits per heavy atom. The molecule has 0 radical (unpaired) electrons. The molecule has 0 aliphatic carbocycles. The Balaban J connectivity index is 2.98. The zero-order valence-electron chi connectivity index (χ0n) is 12.2. The fourth-order valence-electron chi connectivity index (χ4n) is 1.89. The topological polar surface area (TPSA) is 102 Å². The first kappa shape index (κ1) is 16.7. The minimum atomic E-state index is -0.979. The number of benzene rings is 1. The second kappa shape index (κ2) is 8.08. The molecule has 0 saturated heterocycles. The van der Waals surface area contributed by atoms with Gasteiger partial charge in [0.2, 0.25) is 0 Å². The van der Waals surface area contributed by atoms with Crippen molar-refractivity contribution in [1.82, 2.24) is 0 Å². The maximum absolute atomic E-state index is 11.2. The van der Waals surface area contributed by atoms with Crippen molar-refractivity contribution in [2.75, 3.05) is 11.9 Å². The van der Waals surface area contributed by atoms with Crippen molar-refractivity contribution in [3.8, 4) is 5.75 Å². The molecule has 0 fully saturated rings. The molecular formula is C14H20N2O5. The van der Waals surface area contributed by atoms with Crippen LogP contribution in [-0.2, 0) is 4.79 Å². The monoisotopic (exact) mass is 296 g/mol. The molecule has 7 heteroatoms. The largest absolute Gasteiger partial charge is 0.494 e. The average Bonchev–Trinajstić information content (AvgIpc) is 2.43. The lowest BCUT2D eigenvalue weighted by Gasteiger charge is -2.16. The van der Waals surface area contributed by atoms with Crippen LogP contribution < -0.4 is 10.1 Å². The quantitative estimate of drug-likeness (QED) is 0.536. The van der Waals surface area contributed by atoms with Crippen LogP contribution >= 0.6 is 0 Å². The normalized spacial score (nSPS) is 11.7. The zero-order valence-corrected chi connectivity index (χ0v) is 12.2. The van der Waals surface area contributed by atoms with Gasteiger partial charge >= 0.3 is 5.97 Å². The lowest BCUT2D eigenvalue weighted by atomic mass is 10.1. The van der Waals surface area contributed by atoms with Gasteiger partial charge in [-0.25, -0.2) is 4.79 Å². The Bertz CT molecular complexity index is 504. The van der Waals surface area contributed by atoms with Crippen LogP contribution in [0, 0.1) is 10.1 Å². The van der Waals surface area contributed by atoms with E-state index >= 15 is 0 Å². The van der Waals surface area contributed by atoms with Crippen LogP contribution in [0.25, 0.3) is 0 Å². The number of unbranched alkanes of at least 4 members (excludes halogenated alkanes) is 1. The van der Waals surface area contributed by atoms with E-state index in [0.29, 0.717) is 24.5 Å². The van der Waals surface area contributed by atoms with Crippen molar-refractivity contribution in [2.24, 2.45) is 0 Å². The predicted octanol–water partition coefficient (Wildman–Crippen LogP) is 3.05. The fourth-order valence-corrected chi connectivity index (χ4v) is 1.89. The highest BCUT2D eigenvalue weighted by atomic mass is 16.6. The van der Waals surface area contributed by atoms with Gasteiger partial charge in [-0.3, -0.25) is 10.1 Å². The number of carbonyl (C=O) groups is 1. The van der Waals surface area contributed by atoms with Crippen LogP contribution in [-0.4, -0.2) is 28.6 Å². The van der Waals surface area contributed by atoms with Crippen molar-refractivity contribution >= 4 is 17.3 Å². The van der Waals surface area contributed by atoms with Gasteiger partial charge in [0.05, 0.1) is 17.6 Å². The summed E-state index contributed by atoms with van der Waals surface area (Å²) in [5.74, 6) is -0.637. The first-order valence-corrected chi connectivity index (χ1v) is 6.89. The molecule has 0 bridgehead atoms. The van der Waals surface area contributed by atoms with Gasteiger partial charge in [-0.1, -0.05) is 19.8 Å². The average molecular weight is 296 g/mol. The van der Waals surface area contributed by atoms with Crippen LogP contribution in [0.3, 0.4) is 0 Å². The zero-order chi connectivity index (χ0) is 15.8. The first-order valence-electron chi connectivity index (χ1n) is 6.89. The number of rotatable bonds is 9. The van der Waals surface area contributed by atoms with Gasteiger partial charge in [0, 0.05) is 17.8 Å². The van der Waals surface area contributed by atoms with Crippen molar-refractivity contribution in [3.05, 3.63) is 28.3 Å². The summed E-state index contributed by atoms with van der Waals surface area (Å²) in [4.78, 5) is 21.6. The summed E-state index contributed by atoms with van der Waals surface area (Å²) < 4.78 is 5.27. The molecule has 0 amide bonds. The molecule has 2 N–H and O–H groups in total. The Morgan fingerprint density at radius 2 is 2.14 bits per heavy atom. The second-order valence-corrected chi connectivity index (χ2v) is 4.58. The molecule has 7 nitrogen and oxygen atoms in total. The number of anilines is 1. The summed E-state index contributed by atoms with van der Waals surface area (Å²) >= 11 is 0. The summed E-state index contributed by atoms with van der Waals surface area (Å²) in [6, 6.07) is 3.42. The predicted molar refractivity (Wildman–Crippen MR) is 78.8 cm³/mol. The van der Waals surface area contributed by atoms with Gasteiger partial charge in [0.1, 0.15) is 11.8 Å². The van der Waals surface area contributed by atoms with Gasteiger partial charge in [0.25, 0.3) is 5.69 Å². The molecule has 1 atom stereocenters. The van der Waals surface area contributed by atoms with Crippen molar-refractivity contribution < 1.29 is 19.6 Å². The molecule has 1 rings (SSSR count). The third-order valence-electron chi connectivity index (χ3n) is 2.90. The SMILES string of the molecule is CCCCC(Nc1cc(OCC)cc([N+](=O)[O-])c1)C(=O)O. The molecule has 116 valence electrons. The summed E-state index contributed by atoms with van der Waals surface area (Å²) in [6.07, 6.45) is 2.10. The molecule has 1 aromatic rings. The first-order chi connectivity index (χ1) is 9.97. The van der Waals surface area contributed by atoms with Gasteiger partial charge in [0.15, 0.2) is 0 Å². The molecule has 0 saturated carbocycles. The van der Waals surface area contributed by atoms with E-state index in [2.05, 4.69) is 5.32 Å². The lowest BCUT2D eigenvalue weighted by Crippen LogP contribution is -2.29. The third kappa shape index (κ3) is 5.29. The third-order valence-corrected chi connectivity index (χ3v) is 2.90. The summed E-state index contributed by atoms with van der Waals surface area (Å²) in [6.45, 7) is 4.12. The van der Waals surface area contributed by atoms with E-state index in [0.717, 1.165) is 12.8 Å². The summed E-state index contributed by atoms with van der Waals surface area (Å²) in [5.41, 5.74) is 0.235. The Morgan fingerprint density at radius 3 is 2.67 bits per heavy atom. The summed E-state index contributed by atoms with van der Waals surface area (Å²) in [7, 11) is 0. The number of nitro groups is 1. The Labute approximate surface area is 123 Å². The van der Waals surface area contributed by atoms with E-state index in [4.69, 9.17) is 4.74 Å². The molecule has 0 aromatic heterocycles. The van der Waals surface area contributed by atoms with Gasteiger partial charge < -0.3 is 15.2 Å². The fraction of sp³-hybridized carbons (Fsp3) is 0.500. The standard InChI is InChI=1S/C14H20N2O5/c1-3-5-6-13(14(17)18)15-10-7-11(16(19)20)9-12(8-10)21-4-2/h7-9,13,15H,3-6H2,1-2H3,(H,17,18). The van der Waals surface area contributed by atoms with Crippen LogP contribution in [0.5, 0.6) is 5.75 Å². The minimum Gasteiger partial charge on any atom is -0.494 e. The molecular weight excluding hydrogens is 276 g/mol. The maximum atomic E-state index is 11.2. The number of nitrogens with zero attached hydrogens (tertiary/aromatic N) is 1. The number of hydrogen-bond acceptors (Lipinski definition) is 5. The molecule has 0 aliphatic rings. The van der Waals surface area contributed by atoms with E-state index in [1.165, 1.54) is 12.1 Å². The number of non-ortho nitro benzene ring substituents is 1. The second-order valence-electron chi connectivity index (χ2n) is 4.58. The molecule has 1 unspecified atom stereocenters. The summed E-state index contributed by atoms with van der Waals surface area (Å²) in [5, 5.41) is 22.9. The number of nitrogens with one attached hydrogen (secondary N) is 1. The van der Waals surface area contributed by atoms with E-state index in [-0.39, 0.29) is 5.69 Å². The molecule has 0 spiro atoms. The number of carboxylic acids is 1. The number of aliphatic carboxylic acids is 1. The van der Waals surface area contributed by atoms with Gasteiger partial charge in [-0.05, 0) is 13.3 Å². The highest BCUT2D eigenvalue weighted by Gasteiger charge is 2.18. The number of ether oxygens (including phenoxy) is 1. The Kier molecular flexibility index (Phi) is 6.45. The van der Waals surface area contributed by atoms with Crippen molar-refractivity contribution in [3.63, 3.8) is 0 Å². The molecule has 21 heavy (non-hydrogen) atoms. The lowest BCUT2D eigenvalue weighted by molar-refractivity contribution is -0.384. The maximum Gasteiger partial charge on any atom is 0.326 e. The van der Waals surface area contributed by atoms with E-state index in [1.807, 2.05) is 6.92 Å². The number of carboxylic acid groups (broad SMARTS) is 1. The minimum absolute atomic E-state index is 0.136. The molecule has 0 heterocycles. The van der Waals surface area contributed by atoms with Gasteiger partial charge in [-0.15, -0.1) is 0 Å². The highest BCUT2D eigenvalue weighted by molar-refractivity contribution is 5.77. The van der Waals surface area contributed by atoms with E-state index in [9.17, 15) is 20.0 Å². The van der Waals surface area contributed by atoms with Crippen molar-refractivity contribution in [2.45, 2.75) is 39.2 Å². The highest BCUT2D eigenvalue weighted by Crippen LogP contribution is 2.27. The van der Waals surface area contributed by atoms with Crippen LogP contribution in [0.1, 0.15) is 33.1 Å². The molecule has 0 aliphatic heterocycles. The van der Waals surface area contributed by atoms with Crippen LogP contribution in [0.2, 0.25) is 0 Å². The van der Waals surface area contributed by atoms with E-state index < -0.39 is 16.9 Å². The Hall–Kier alpha value is -2.31.